The van der Waals surface area contributed by atoms with Gasteiger partial charge in [-0.25, -0.2) is 9.97 Å². The van der Waals surface area contributed by atoms with E-state index in [1.807, 2.05) is 55.1 Å². The van der Waals surface area contributed by atoms with Crippen LogP contribution < -0.4 is 9.47 Å². The molecule has 50 heavy (non-hydrogen) atoms. The molecule has 0 aliphatic rings. The fourth-order valence-electron chi connectivity index (χ4n) is 7.04. The molecule has 0 aliphatic heterocycles. The smallest absolute Gasteiger partial charge is 0.144 e. The summed E-state index contributed by atoms with van der Waals surface area (Å²) in [5.74, 6) is 3.44. The number of hydrogen-bond acceptors (Lipinski definition) is 4. The third-order valence-corrected chi connectivity index (χ3v) is 9.06. The molecule has 7 aromatic rings. The second kappa shape index (κ2) is 13.9. The first kappa shape index (κ1) is 32.7. The second-order valence-electron chi connectivity index (χ2n) is 13.2. The Balaban J connectivity index is 0.973. The molecule has 2 heterocycles. The van der Waals surface area contributed by atoms with Gasteiger partial charge in [-0.2, -0.15) is 0 Å². The van der Waals surface area contributed by atoms with Gasteiger partial charge in [-0.1, -0.05) is 53.6 Å². The Morgan fingerprint density at radius 3 is 1.24 bits per heavy atom. The van der Waals surface area contributed by atoms with E-state index in [0.717, 1.165) is 45.4 Å². The lowest BCUT2D eigenvalue weighted by atomic mass is 10.0. The van der Waals surface area contributed by atoms with Crippen molar-refractivity contribution >= 4 is 0 Å². The molecular weight excluding hydrogens is 617 g/mol. The summed E-state index contributed by atoms with van der Waals surface area (Å²) in [6, 6.07) is 33.5. The van der Waals surface area contributed by atoms with Crippen molar-refractivity contribution in [2.45, 2.75) is 54.8 Å². The Labute approximate surface area is 294 Å². The summed E-state index contributed by atoms with van der Waals surface area (Å²) in [7, 11) is 0. The molecule has 6 nitrogen and oxygen atoms in total. The normalized spacial score (nSPS) is 11.2. The van der Waals surface area contributed by atoms with E-state index in [2.05, 4.69) is 127 Å². The fourth-order valence-corrected chi connectivity index (χ4v) is 7.04. The number of ether oxygens (including phenoxy) is 2. The van der Waals surface area contributed by atoms with Crippen LogP contribution in [0.5, 0.6) is 11.5 Å². The van der Waals surface area contributed by atoms with E-state index in [1.165, 1.54) is 44.8 Å². The number of imidazole rings is 2. The van der Waals surface area contributed by atoms with Gasteiger partial charge in [0.2, 0.25) is 0 Å². The molecule has 0 unspecified atom stereocenters. The Kier molecular flexibility index (Phi) is 9.09. The maximum atomic E-state index is 6.18. The minimum absolute atomic E-state index is 0.463. The van der Waals surface area contributed by atoms with Crippen LogP contribution in [0.25, 0.3) is 34.2 Å². The molecule has 0 atom stereocenters. The molecule has 0 bridgehead atoms. The van der Waals surface area contributed by atoms with Gasteiger partial charge in [0, 0.05) is 35.9 Å². The van der Waals surface area contributed by atoms with Crippen molar-refractivity contribution in [1.29, 1.82) is 0 Å². The summed E-state index contributed by atoms with van der Waals surface area (Å²) < 4.78 is 16.7. The van der Waals surface area contributed by atoms with Gasteiger partial charge in [0.1, 0.15) is 36.4 Å². The summed E-state index contributed by atoms with van der Waals surface area (Å²) in [6.07, 6.45) is 7.77. The minimum atomic E-state index is 0.463. The van der Waals surface area contributed by atoms with Crippen LogP contribution in [0.15, 0.2) is 122 Å². The van der Waals surface area contributed by atoms with Crippen molar-refractivity contribution in [1.82, 2.24) is 19.1 Å². The summed E-state index contributed by atoms with van der Waals surface area (Å²) in [5.41, 5.74) is 14.1. The van der Waals surface area contributed by atoms with E-state index < -0.39 is 0 Å². The zero-order chi connectivity index (χ0) is 34.8. The molecule has 7 rings (SSSR count). The lowest BCUT2D eigenvalue weighted by Crippen LogP contribution is -2.02. The van der Waals surface area contributed by atoms with Crippen molar-refractivity contribution < 1.29 is 9.47 Å². The SMILES string of the molecule is Cc1cc(C)c(-n2ccnc2-c2ccc(OCc3cccc(COc4ccc(-c5nccn5-c5c(C)cc(C)cc5C)cc4)c3)cc2)c(C)c1. The number of aromatic nitrogens is 4. The van der Waals surface area contributed by atoms with Gasteiger partial charge in [0.25, 0.3) is 0 Å². The van der Waals surface area contributed by atoms with Crippen molar-refractivity contribution in [3.63, 3.8) is 0 Å². The predicted octanol–water partition coefficient (Wildman–Crippen LogP) is 10.4. The number of rotatable bonds is 10. The highest BCUT2D eigenvalue weighted by molar-refractivity contribution is 5.64. The lowest BCUT2D eigenvalue weighted by Gasteiger charge is -2.15. The number of nitrogens with zero attached hydrogens (tertiary/aromatic N) is 4. The Hall–Kier alpha value is -5.88. The average Bonchev–Trinajstić information content (AvgIpc) is 3.77. The third kappa shape index (κ3) is 6.83. The maximum absolute atomic E-state index is 6.18. The van der Waals surface area contributed by atoms with Gasteiger partial charge in [0.05, 0.1) is 11.4 Å². The highest BCUT2D eigenvalue weighted by Gasteiger charge is 2.14. The van der Waals surface area contributed by atoms with Gasteiger partial charge in [-0.3, -0.25) is 9.13 Å². The van der Waals surface area contributed by atoms with Gasteiger partial charge >= 0.3 is 0 Å². The molecular formula is C44H42N4O2. The first-order valence-electron chi connectivity index (χ1n) is 17.0. The molecule has 6 heteroatoms. The van der Waals surface area contributed by atoms with Crippen LogP contribution in [0, 0.1) is 41.5 Å². The molecule has 0 spiro atoms. The first-order chi connectivity index (χ1) is 24.2. The maximum Gasteiger partial charge on any atom is 0.144 e. The van der Waals surface area contributed by atoms with Crippen LogP contribution in [0.4, 0.5) is 0 Å². The van der Waals surface area contributed by atoms with Crippen molar-refractivity contribution in [2.75, 3.05) is 0 Å². The summed E-state index contributed by atoms with van der Waals surface area (Å²) in [4.78, 5) is 9.37. The summed E-state index contributed by atoms with van der Waals surface area (Å²) in [5, 5.41) is 0. The van der Waals surface area contributed by atoms with Crippen LogP contribution in [0.3, 0.4) is 0 Å². The topological polar surface area (TPSA) is 54.1 Å². The number of benzene rings is 5. The van der Waals surface area contributed by atoms with E-state index in [0.29, 0.717) is 13.2 Å². The first-order valence-corrected chi connectivity index (χ1v) is 17.0. The van der Waals surface area contributed by atoms with Crippen LogP contribution in [0.1, 0.15) is 44.5 Å². The molecule has 0 N–H and O–H groups in total. The van der Waals surface area contributed by atoms with Crippen molar-refractivity contribution in [3.8, 4) is 45.6 Å². The van der Waals surface area contributed by atoms with E-state index in [-0.39, 0.29) is 0 Å². The largest absolute Gasteiger partial charge is 0.489 e. The standard InChI is InChI=1S/C44H42N4O2/c1-29-22-31(3)41(32(4)23-29)47-20-18-45-43(47)37-10-14-39(15-11-37)49-27-35-8-7-9-36(26-35)28-50-40-16-12-38(13-17-40)44-46-19-21-48(44)42-33(5)24-30(2)25-34(42)6/h7-26H,27-28H2,1-6H3. The molecule has 0 aliphatic carbocycles. The van der Waals surface area contributed by atoms with Crippen LogP contribution in [0.2, 0.25) is 0 Å². The van der Waals surface area contributed by atoms with Gasteiger partial charge in [-0.05, 0) is 130 Å². The Bertz CT molecular complexity index is 2070. The quantitative estimate of drug-likeness (QED) is 0.147. The zero-order valence-corrected chi connectivity index (χ0v) is 29.6. The van der Waals surface area contributed by atoms with E-state index in [9.17, 15) is 0 Å². The molecule has 0 radical (unpaired) electrons. The Morgan fingerprint density at radius 1 is 0.480 bits per heavy atom. The predicted molar refractivity (Wildman–Crippen MR) is 202 cm³/mol. The van der Waals surface area contributed by atoms with Gasteiger partial charge in [-0.15, -0.1) is 0 Å². The lowest BCUT2D eigenvalue weighted by molar-refractivity contribution is 0.300. The van der Waals surface area contributed by atoms with Crippen LogP contribution in [-0.4, -0.2) is 19.1 Å². The van der Waals surface area contributed by atoms with E-state index in [4.69, 9.17) is 9.47 Å². The van der Waals surface area contributed by atoms with Crippen molar-refractivity contribution in [3.05, 3.63) is 166 Å². The number of aryl methyl sites for hydroxylation is 6. The average molecular weight is 659 g/mol. The van der Waals surface area contributed by atoms with Crippen LogP contribution >= 0.6 is 0 Å². The van der Waals surface area contributed by atoms with Crippen LogP contribution in [-0.2, 0) is 13.2 Å². The molecule has 0 amide bonds. The second-order valence-corrected chi connectivity index (χ2v) is 13.2. The van der Waals surface area contributed by atoms with Crippen molar-refractivity contribution in [2.24, 2.45) is 0 Å². The molecule has 250 valence electrons. The monoisotopic (exact) mass is 658 g/mol. The number of hydrogen-bond donors (Lipinski definition) is 0. The fraction of sp³-hybridized carbons (Fsp3) is 0.182. The minimum Gasteiger partial charge on any atom is -0.489 e. The highest BCUT2D eigenvalue weighted by Crippen LogP contribution is 2.30. The van der Waals surface area contributed by atoms with E-state index >= 15 is 0 Å². The van der Waals surface area contributed by atoms with E-state index in [1.54, 1.807) is 0 Å². The van der Waals surface area contributed by atoms with Gasteiger partial charge in [0.15, 0.2) is 0 Å². The van der Waals surface area contributed by atoms with Gasteiger partial charge < -0.3 is 9.47 Å². The highest BCUT2D eigenvalue weighted by atomic mass is 16.5. The summed E-state index contributed by atoms with van der Waals surface area (Å²) in [6.45, 7) is 13.8. The summed E-state index contributed by atoms with van der Waals surface area (Å²) >= 11 is 0. The zero-order valence-electron chi connectivity index (χ0n) is 29.6. The molecule has 5 aromatic carbocycles. The molecule has 0 saturated carbocycles. The molecule has 0 fully saturated rings. The Morgan fingerprint density at radius 2 is 0.860 bits per heavy atom. The molecule has 2 aromatic heterocycles. The third-order valence-electron chi connectivity index (χ3n) is 9.06. The molecule has 0 saturated heterocycles.